The number of hydrogen-bond donors (Lipinski definition) is 1. The van der Waals surface area contributed by atoms with Crippen molar-refractivity contribution in [3.05, 3.63) is 29.6 Å². The van der Waals surface area contributed by atoms with Gasteiger partial charge in [0.05, 0.1) is 11.6 Å². The van der Waals surface area contributed by atoms with Gasteiger partial charge in [0.25, 0.3) is 0 Å². The molecule has 1 aliphatic heterocycles. The largest absolute Gasteiger partial charge is 0.373 e. The van der Waals surface area contributed by atoms with Crippen LogP contribution in [0.1, 0.15) is 38.7 Å². The van der Waals surface area contributed by atoms with E-state index in [1.54, 1.807) is 11.0 Å². The molecule has 1 saturated heterocycles. The fourth-order valence-corrected chi connectivity index (χ4v) is 3.12. The van der Waals surface area contributed by atoms with E-state index in [9.17, 15) is 14.0 Å². The minimum atomic E-state index is -0.284. The number of piperidine rings is 1. The van der Waals surface area contributed by atoms with E-state index in [2.05, 4.69) is 5.32 Å². The summed E-state index contributed by atoms with van der Waals surface area (Å²) in [4.78, 5) is 27.8. The van der Waals surface area contributed by atoms with Crippen molar-refractivity contribution in [1.82, 2.24) is 10.2 Å². The van der Waals surface area contributed by atoms with E-state index in [-0.39, 0.29) is 23.5 Å². The average molecular weight is 349 g/mol. The van der Waals surface area contributed by atoms with Crippen molar-refractivity contribution in [1.29, 1.82) is 0 Å². The molecule has 25 heavy (non-hydrogen) atoms. The molecule has 1 aliphatic rings. The number of nitrogens with one attached hydrogen (secondary N) is 1. The molecule has 0 aliphatic carbocycles. The summed E-state index contributed by atoms with van der Waals surface area (Å²) in [5.74, 6) is -0.438. The Kier molecular flexibility index (Phi) is 6.79. The van der Waals surface area contributed by atoms with Crippen LogP contribution in [0.4, 0.5) is 10.1 Å². The van der Waals surface area contributed by atoms with Crippen LogP contribution in [-0.4, -0.2) is 43.4 Å². The molecule has 1 aromatic rings. The van der Waals surface area contributed by atoms with Crippen LogP contribution in [0.5, 0.6) is 0 Å². The number of nitrogens with zero attached hydrogens (tertiary/aromatic N) is 2. The molecule has 5 nitrogen and oxygen atoms in total. The standard InChI is InChI=1S/C19H28FN3O2/c1-4-18(24)23-10-6-7-15(13-23)19(25)21-12-14-8-9-17(16(20)11-14)22(3)5-2/h8-9,11,15H,4-7,10,12-13H2,1-3H3,(H,21,25). The predicted molar refractivity (Wildman–Crippen MR) is 96.8 cm³/mol. The molecule has 6 heteroatoms. The number of hydrogen-bond acceptors (Lipinski definition) is 3. The monoisotopic (exact) mass is 349 g/mol. The van der Waals surface area contributed by atoms with Crippen LogP contribution in [-0.2, 0) is 16.1 Å². The van der Waals surface area contributed by atoms with Gasteiger partial charge in [-0.05, 0) is 37.5 Å². The fraction of sp³-hybridized carbons (Fsp3) is 0.579. The van der Waals surface area contributed by atoms with Crippen LogP contribution in [0.15, 0.2) is 18.2 Å². The number of amides is 2. The van der Waals surface area contributed by atoms with Gasteiger partial charge in [-0.2, -0.15) is 0 Å². The van der Waals surface area contributed by atoms with E-state index < -0.39 is 0 Å². The smallest absolute Gasteiger partial charge is 0.225 e. The van der Waals surface area contributed by atoms with Crippen LogP contribution in [0, 0.1) is 11.7 Å². The number of likely N-dealkylation sites (tertiary alicyclic amines) is 1. The highest BCUT2D eigenvalue weighted by atomic mass is 19.1. The Morgan fingerprint density at radius 3 is 2.76 bits per heavy atom. The van der Waals surface area contributed by atoms with Gasteiger partial charge < -0.3 is 15.1 Å². The average Bonchev–Trinajstić information content (AvgIpc) is 2.64. The van der Waals surface area contributed by atoms with Crippen LogP contribution >= 0.6 is 0 Å². The molecular weight excluding hydrogens is 321 g/mol. The van der Waals surface area contributed by atoms with Crippen molar-refractivity contribution in [3.8, 4) is 0 Å². The summed E-state index contributed by atoms with van der Waals surface area (Å²) in [6.07, 6.45) is 2.09. The number of halogens is 1. The molecule has 2 amide bonds. The Morgan fingerprint density at radius 2 is 2.12 bits per heavy atom. The molecule has 1 fully saturated rings. The van der Waals surface area contributed by atoms with E-state index in [1.807, 2.05) is 31.9 Å². The third kappa shape index (κ3) is 4.94. The maximum Gasteiger partial charge on any atom is 0.225 e. The highest BCUT2D eigenvalue weighted by Gasteiger charge is 2.27. The lowest BCUT2D eigenvalue weighted by Crippen LogP contribution is -2.45. The summed E-state index contributed by atoms with van der Waals surface area (Å²) in [5.41, 5.74) is 1.29. The molecule has 0 spiro atoms. The summed E-state index contributed by atoms with van der Waals surface area (Å²) in [5, 5.41) is 2.88. The Hall–Kier alpha value is -2.11. The van der Waals surface area contributed by atoms with Gasteiger partial charge in [-0.3, -0.25) is 9.59 Å². The highest BCUT2D eigenvalue weighted by Crippen LogP contribution is 2.20. The zero-order valence-electron chi connectivity index (χ0n) is 15.3. The summed E-state index contributed by atoms with van der Waals surface area (Å²) in [6.45, 7) is 6.03. The maximum atomic E-state index is 14.1. The first-order valence-electron chi connectivity index (χ1n) is 9.01. The summed E-state index contributed by atoms with van der Waals surface area (Å²) in [6, 6.07) is 5.04. The molecule has 0 radical (unpaired) electrons. The van der Waals surface area contributed by atoms with E-state index in [0.29, 0.717) is 25.2 Å². The van der Waals surface area contributed by atoms with Crippen molar-refractivity contribution in [2.24, 2.45) is 5.92 Å². The van der Waals surface area contributed by atoms with Gasteiger partial charge in [0.1, 0.15) is 5.82 Å². The number of carbonyl (C=O) groups excluding carboxylic acids is 2. The minimum absolute atomic E-state index is 0.0660. The van der Waals surface area contributed by atoms with Crippen LogP contribution in [0.3, 0.4) is 0 Å². The summed E-state index contributed by atoms with van der Waals surface area (Å²) < 4.78 is 14.1. The number of anilines is 1. The third-order valence-corrected chi connectivity index (χ3v) is 4.81. The van der Waals surface area contributed by atoms with Gasteiger partial charge in [-0.25, -0.2) is 4.39 Å². The number of benzene rings is 1. The lowest BCUT2D eigenvalue weighted by molar-refractivity contribution is -0.135. The molecule has 138 valence electrons. The summed E-state index contributed by atoms with van der Waals surface area (Å²) >= 11 is 0. The molecule has 1 unspecified atom stereocenters. The molecule has 0 saturated carbocycles. The predicted octanol–water partition coefficient (Wildman–Crippen LogP) is 2.55. The normalized spacial score (nSPS) is 17.3. The molecular formula is C19H28FN3O2. The summed E-state index contributed by atoms with van der Waals surface area (Å²) in [7, 11) is 1.84. The topological polar surface area (TPSA) is 52.7 Å². The van der Waals surface area contributed by atoms with E-state index in [4.69, 9.17) is 0 Å². The second-order valence-corrected chi connectivity index (χ2v) is 6.55. The van der Waals surface area contributed by atoms with Gasteiger partial charge in [-0.15, -0.1) is 0 Å². The first-order valence-corrected chi connectivity index (χ1v) is 9.01. The Morgan fingerprint density at radius 1 is 1.36 bits per heavy atom. The van der Waals surface area contributed by atoms with Crippen molar-refractivity contribution in [2.75, 3.05) is 31.6 Å². The molecule has 1 heterocycles. The van der Waals surface area contributed by atoms with Crippen molar-refractivity contribution < 1.29 is 14.0 Å². The van der Waals surface area contributed by atoms with Crippen LogP contribution in [0.2, 0.25) is 0 Å². The Labute approximate surface area is 149 Å². The zero-order valence-corrected chi connectivity index (χ0v) is 15.3. The molecule has 1 atom stereocenters. The molecule has 2 rings (SSSR count). The second kappa shape index (κ2) is 8.83. The molecule has 0 bridgehead atoms. The number of rotatable bonds is 6. The minimum Gasteiger partial charge on any atom is -0.373 e. The first kappa shape index (κ1) is 19.2. The van der Waals surface area contributed by atoms with Crippen LogP contribution in [0.25, 0.3) is 0 Å². The van der Waals surface area contributed by atoms with Gasteiger partial charge in [0.15, 0.2) is 0 Å². The Bertz CT molecular complexity index is 621. The second-order valence-electron chi connectivity index (χ2n) is 6.55. The number of carbonyl (C=O) groups is 2. The third-order valence-electron chi connectivity index (χ3n) is 4.81. The molecule has 1 N–H and O–H groups in total. The van der Waals surface area contributed by atoms with Gasteiger partial charge in [0.2, 0.25) is 11.8 Å². The van der Waals surface area contributed by atoms with Crippen molar-refractivity contribution >= 4 is 17.5 Å². The zero-order chi connectivity index (χ0) is 18.4. The quantitative estimate of drug-likeness (QED) is 0.859. The Balaban J connectivity index is 1.91. The fourth-order valence-electron chi connectivity index (χ4n) is 3.12. The van der Waals surface area contributed by atoms with Gasteiger partial charge >= 0.3 is 0 Å². The lowest BCUT2D eigenvalue weighted by atomic mass is 9.96. The van der Waals surface area contributed by atoms with E-state index >= 15 is 0 Å². The first-order chi connectivity index (χ1) is 12.0. The molecule has 1 aromatic carbocycles. The van der Waals surface area contributed by atoms with Crippen molar-refractivity contribution in [3.63, 3.8) is 0 Å². The van der Waals surface area contributed by atoms with E-state index in [0.717, 1.165) is 31.5 Å². The van der Waals surface area contributed by atoms with Crippen molar-refractivity contribution in [2.45, 2.75) is 39.7 Å². The van der Waals surface area contributed by atoms with E-state index in [1.165, 1.54) is 6.07 Å². The maximum absolute atomic E-state index is 14.1. The van der Waals surface area contributed by atoms with Crippen LogP contribution < -0.4 is 10.2 Å². The SMILES string of the molecule is CCC(=O)N1CCCC(C(=O)NCc2ccc(N(C)CC)c(F)c2)C1. The van der Waals surface area contributed by atoms with Gasteiger partial charge in [0, 0.05) is 39.6 Å². The van der Waals surface area contributed by atoms with Gasteiger partial charge in [-0.1, -0.05) is 13.0 Å². The highest BCUT2D eigenvalue weighted by molar-refractivity contribution is 5.81. The molecule has 0 aromatic heterocycles. The lowest BCUT2D eigenvalue weighted by Gasteiger charge is -2.32.